The minimum absolute atomic E-state index is 0.603. The van der Waals surface area contributed by atoms with Crippen LogP contribution in [0.15, 0.2) is 36.8 Å². The minimum atomic E-state index is 0.603. The molecule has 5 heterocycles. The quantitative estimate of drug-likeness (QED) is 0.438. The van der Waals surface area contributed by atoms with E-state index in [1.165, 1.54) is 44.3 Å². The summed E-state index contributed by atoms with van der Waals surface area (Å²) < 4.78 is 3.83. The maximum absolute atomic E-state index is 4.96. The van der Waals surface area contributed by atoms with Gasteiger partial charge >= 0.3 is 0 Å². The molecule has 0 bridgehead atoms. The van der Waals surface area contributed by atoms with E-state index in [0.717, 1.165) is 58.9 Å². The largest absolute Gasteiger partial charge is 0.354 e. The van der Waals surface area contributed by atoms with Crippen molar-refractivity contribution in [3.05, 3.63) is 42.4 Å². The summed E-state index contributed by atoms with van der Waals surface area (Å²) in [5, 5.41) is 10.6. The van der Waals surface area contributed by atoms with Crippen LogP contribution in [0.25, 0.3) is 33.5 Å². The molecule has 0 N–H and O–H groups in total. The molecule has 8 heteroatoms. The van der Waals surface area contributed by atoms with Crippen LogP contribution >= 0.6 is 0 Å². The van der Waals surface area contributed by atoms with Gasteiger partial charge in [-0.25, -0.2) is 14.6 Å². The van der Waals surface area contributed by atoms with Crippen molar-refractivity contribution in [3.8, 4) is 22.5 Å². The molecule has 6 rings (SSSR count). The third kappa shape index (κ3) is 3.89. The lowest BCUT2D eigenvalue weighted by atomic mass is 10.0. The Morgan fingerprint density at radius 1 is 0.943 bits per heavy atom. The Kier molecular flexibility index (Phi) is 5.76. The molecule has 2 aliphatic heterocycles. The van der Waals surface area contributed by atoms with Gasteiger partial charge in [0.15, 0.2) is 5.65 Å². The highest BCUT2D eigenvalue weighted by Crippen LogP contribution is 2.39. The highest BCUT2D eigenvalue weighted by Gasteiger charge is 2.32. The van der Waals surface area contributed by atoms with Gasteiger partial charge in [-0.1, -0.05) is 37.6 Å². The molecule has 1 aromatic carbocycles. The summed E-state index contributed by atoms with van der Waals surface area (Å²) in [5.74, 6) is 0.994. The number of anilines is 1. The predicted molar refractivity (Wildman–Crippen MR) is 139 cm³/mol. The average molecular weight is 471 g/mol. The topological polar surface area (TPSA) is 67.9 Å². The molecule has 8 nitrogen and oxygen atoms in total. The maximum atomic E-state index is 4.96. The van der Waals surface area contributed by atoms with Crippen LogP contribution in [0.2, 0.25) is 0 Å². The summed E-state index contributed by atoms with van der Waals surface area (Å²) in [6.07, 6.45) is 9.84. The molecule has 0 radical (unpaired) electrons. The van der Waals surface area contributed by atoms with E-state index in [1.54, 1.807) is 6.33 Å². The van der Waals surface area contributed by atoms with Gasteiger partial charge in [0.25, 0.3) is 0 Å². The van der Waals surface area contributed by atoms with Gasteiger partial charge in [0.1, 0.15) is 17.8 Å². The van der Waals surface area contributed by atoms with E-state index in [9.17, 15) is 0 Å². The summed E-state index contributed by atoms with van der Waals surface area (Å²) in [6.45, 7) is 6.66. The molecule has 3 aromatic heterocycles. The fourth-order valence-electron chi connectivity index (χ4n) is 5.87. The van der Waals surface area contributed by atoms with Crippen LogP contribution < -0.4 is 4.90 Å². The van der Waals surface area contributed by atoms with E-state index in [2.05, 4.69) is 51.1 Å². The Morgan fingerprint density at radius 2 is 1.74 bits per heavy atom. The molecule has 4 aromatic rings. The highest BCUT2D eigenvalue weighted by atomic mass is 15.3. The van der Waals surface area contributed by atoms with E-state index >= 15 is 0 Å². The number of nitrogens with zero attached hydrogens (tertiary/aromatic N) is 8. The Hall–Kier alpha value is -3.26. The number of rotatable bonds is 5. The lowest BCUT2D eigenvalue weighted by Crippen LogP contribution is -2.41. The molecule has 2 fully saturated rings. The molecule has 0 unspecified atom stereocenters. The van der Waals surface area contributed by atoms with Crippen molar-refractivity contribution in [2.75, 3.05) is 31.1 Å². The standard InChI is InChI=1S/C27H34N8/c1-4-19-8-10-20(11-9-19)25-22(16-30-32(25)2)24-23-26(33(3)31-24)28-18-29-27(23)35-15-12-21(17-35)34-13-6-5-7-14-34/h8-11,16,18,21H,4-7,12-15,17H2,1-3H3/t21-/m0/s1. The summed E-state index contributed by atoms with van der Waals surface area (Å²) >= 11 is 0. The number of hydrogen-bond donors (Lipinski definition) is 0. The molecule has 0 amide bonds. The van der Waals surface area contributed by atoms with Gasteiger partial charge in [-0.2, -0.15) is 10.2 Å². The maximum Gasteiger partial charge on any atom is 0.163 e. The molecular formula is C27H34N8. The van der Waals surface area contributed by atoms with Crippen molar-refractivity contribution >= 4 is 16.9 Å². The Morgan fingerprint density at radius 3 is 2.51 bits per heavy atom. The lowest BCUT2D eigenvalue weighted by Gasteiger charge is -2.32. The number of hydrogen-bond acceptors (Lipinski definition) is 6. The van der Waals surface area contributed by atoms with Crippen LogP contribution in [-0.4, -0.2) is 66.6 Å². The number of piperidine rings is 1. The average Bonchev–Trinajstić information content (AvgIpc) is 3.62. The lowest BCUT2D eigenvalue weighted by molar-refractivity contribution is 0.175. The summed E-state index contributed by atoms with van der Waals surface area (Å²) in [6, 6.07) is 9.37. The van der Waals surface area contributed by atoms with Crippen LogP contribution in [-0.2, 0) is 20.5 Å². The molecule has 182 valence electrons. The van der Waals surface area contributed by atoms with Crippen LogP contribution in [0, 0.1) is 0 Å². The predicted octanol–water partition coefficient (Wildman–Crippen LogP) is 4.06. The van der Waals surface area contributed by atoms with Gasteiger partial charge < -0.3 is 4.90 Å². The zero-order valence-electron chi connectivity index (χ0n) is 21.0. The number of fused-ring (bicyclic) bond motifs is 1. The third-order valence-corrected chi connectivity index (χ3v) is 7.80. The number of benzene rings is 1. The van der Waals surface area contributed by atoms with Crippen molar-refractivity contribution in [3.63, 3.8) is 0 Å². The molecule has 0 spiro atoms. The van der Waals surface area contributed by atoms with Gasteiger partial charge in [0.2, 0.25) is 0 Å². The zero-order valence-corrected chi connectivity index (χ0v) is 21.0. The van der Waals surface area contributed by atoms with Gasteiger partial charge in [-0.15, -0.1) is 0 Å². The van der Waals surface area contributed by atoms with E-state index in [4.69, 9.17) is 10.1 Å². The molecule has 2 saturated heterocycles. The first-order valence-corrected chi connectivity index (χ1v) is 12.9. The SMILES string of the molecule is CCc1ccc(-c2c(-c3nn(C)c4ncnc(N5CC[C@H](N6CCCCC6)C5)c34)cnn2C)cc1. The second-order valence-corrected chi connectivity index (χ2v) is 9.93. The van der Waals surface area contributed by atoms with E-state index in [-0.39, 0.29) is 0 Å². The van der Waals surface area contributed by atoms with E-state index < -0.39 is 0 Å². The summed E-state index contributed by atoms with van der Waals surface area (Å²) in [5.41, 5.74) is 6.32. The molecule has 0 saturated carbocycles. The van der Waals surface area contributed by atoms with Crippen molar-refractivity contribution < 1.29 is 0 Å². The van der Waals surface area contributed by atoms with Crippen LogP contribution in [0.4, 0.5) is 5.82 Å². The first-order valence-electron chi connectivity index (χ1n) is 12.9. The van der Waals surface area contributed by atoms with Crippen molar-refractivity contribution in [1.29, 1.82) is 0 Å². The number of aromatic nitrogens is 6. The Bertz CT molecular complexity index is 1330. The van der Waals surface area contributed by atoms with Crippen LogP contribution in [0.3, 0.4) is 0 Å². The minimum Gasteiger partial charge on any atom is -0.354 e. The number of aryl methyl sites for hydroxylation is 3. The van der Waals surface area contributed by atoms with Crippen LogP contribution in [0.1, 0.15) is 38.2 Å². The molecule has 1 atom stereocenters. The molecular weight excluding hydrogens is 436 g/mol. The Labute approximate surface area is 206 Å². The van der Waals surface area contributed by atoms with Crippen molar-refractivity contribution in [2.45, 2.75) is 45.1 Å². The summed E-state index contributed by atoms with van der Waals surface area (Å²) in [4.78, 5) is 14.6. The van der Waals surface area contributed by atoms with E-state index in [1.807, 2.05) is 29.7 Å². The van der Waals surface area contributed by atoms with Crippen molar-refractivity contribution in [2.24, 2.45) is 14.1 Å². The fraction of sp³-hybridized carbons (Fsp3) is 0.481. The third-order valence-electron chi connectivity index (χ3n) is 7.80. The van der Waals surface area contributed by atoms with Crippen molar-refractivity contribution in [1.82, 2.24) is 34.4 Å². The normalized spacial score (nSPS) is 19.2. The zero-order chi connectivity index (χ0) is 23.9. The second-order valence-electron chi connectivity index (χ2n) is 9.93. The van der Waals surface area contributed by atoms with Gasteiger partial charge in [-0.05, 0) is 44.3 Å². The van der Waals surface area contributed by atoms with Gasteiger partial charge in [-0.3, -0.25) is 9.58 Å². The first kappa shape index (κ1) is 22.2. The van der Waals surface area contributed by atoms with Crippen LogP contribution in [0.5, 0.6) is 0 Å². The van der Waals surface area contributed by atoms with Gasteiger partial charge in [0.05, 0.1) is 17.3 Å². The molecule has 2 aliphatic rings. The smallest absolute Gasteiger partial charge is 0.163 e. The van der Waals surface area contributed by atoms with E-state index in [0.29, 0.717) is 6.04 Å². The molecule has 35 heavy (non-hydrogen) atoms. The molecule has 0 aliphatic carbocycles. The Balaban J connectivity index is 1.42. The number of likely N-dealkylation sites (tertiary alicyclic amines) is 1. The van der Waals surface area contributed by atoms with Gasteiger partial charge in [0, 0.05) is 44.4 Å². The second kappa shape index (κ2) is 9.07. The highest BCUT2D eigenvalue weighted by molar-refractivity contribution is 6.01. The summed E-state index contributed by atoms with van der Waals surface area (Å²) in [7, 11) is 3.97. The monoisotopic (exact) mass is 470 g/mol. The fourth-order valence-corrected chi connectivity index (χ4v) is 5.87. The first-order chi connectivity index (χ1) is 17.1.